The van der Waals surface area contributed by atoms with Crippen molar-refractivity contribution in [3.8, 4) is 0 Å². The van der Waals surface area contributed by atoms with Crippen molar-refractivity contribution in [3.63, 3.8) is 0 Å². The molecule has 1 aromatic heterocycles. The topological polar surface area (TPSA) is 42.1 Å². The molecule has 0 spiro atoms. The van der Waals surface area contributed by atoms with E-state index in [2.05, 4.69) is 4.98 Å². The van der Waals surface area contributed by atoms with Crippen LogP contribution in [-0.2, 0) is 17.8 Å². The van der Waals surface area contributed by atoms with E-state index in [1.165, 1.54) is 0 Å². The highest BCUT2D eigenvalue weighted by molar-refractivity contribution is 6.40. The van der Waals surface area contributed by atoms with Crippen molar-refractivity contribution in [3.05, 3.63) is 43.2 Å². The van der Waals surface area contributed by atoms with Gasteiger partial charge in [0, 0.05) is 17.7 Å². The summed E-state index contributed by atoms with van der Waals surface area (Å²) in [6, 6.07) is 1.77. The fraction of sp³-hybridized carbons (Fsp3) is 0.308. The number of hydrogen-bond donors (Lipinski definition) is 1. The van der Waals surface area contributed by atoms with Crippen LogP contribution < -0.4 is 5.43 Å². The molecule has 94 valence electrons. The molecule has 0 amide bonds. The van der Waals surface area contributed by atoms with E-state index in [0.717, 1.165) is 11.3 Å². The molecule has 18 heavy (non-hydrogen) atoms. The van der Waals surface area contributed by atoms with Crippen LogP contribution in [0.2, 0.25) is 10.0 Å². The van der Waals surface area contributed by atoms with Crippen molar-refractivity contribution in [1.29, 1.82) is 0 Å². The number of halogens is 2. The highest BCUT2D eigenvalue weighted by Gasteiger charge is 2.19. The van der Waals surface area contributed by atoms with Crippen molar-refractivity contribution in [1.82, 2.24) is 4.98 Å². The second kappa shape index (κ2) is 4.26. The quantitative estimate of drug-likeness (QED) is 0.807. The van der Waals surface area contributed by atoms with Crippen LogP contribution in [0.5, 0.6) is 0 Å². The van der Waals surface area contributed by atoms with Gasteiger partial charge >= 0.3 is 0 Å². The summed E-state index contributed by atoms with van der Waals surface area (Å²) in [7, 11) is 0. The summed E-state index contributed by atoms with van der Waals surface area (Å²) in [5.74, 6) is 0. The Kier molecular flexibility index (Phi) is 2.85. The van der Waals surface area contributed by atoms with E-state index in [1.54, 1.807) is 6.07 Å². The Morgan fingerprint density at radius 1 is 1.39 bits per heavy atom. The number of nitrogens with one attached hydrogen (secondary N) is 1. The Hall–Kier alpha value is -1.03. The molecule has 0 radical (unpaired) electrons. The highest BCUT2D eigenvalue weighted by atomic mass is 35.5. The Balaban J connectivity index is 2.50. The molecule has 1 N–H and O–H groups in total. The lowest BCUT2D eigenvalue weighted by Crippen LogP contribution is -2.22. The number of aromatic nitrogens is 1. The van der Waals surface area contributed by atoms with Gasteiger partial charge in [0.15, 0.2) is 5.43 Å². The number of aryl methyl sites for hydroxylation is 1. The Bertz CT molecular complexity index is 706. The smallest absolute Gasteiger partial charge is 0.196 e. The normalized spacial score (nSPS) is 14.8. The molecular formula is C13H11Cl2NO2. The Morgan fingerprint density at radius 2 is 2.17 bits per heavy atom. The van der Waals surface area contributed by atoms with Crippen molar-refractivity contribution >= 4 is 34.1 Å². The summed E-state index contributed by atoms with van der Waals surface area (Å²) in [6.45, 7) is 2.79. The van der Waals surface area contributed by atoms with Crippen LogP contribution in [0.4, 0.5) is 0 Å². The molecule has 1 aliphatic heterocycles. The average Bonchev–Trinajstić information content (AvgIpc) is 2.36. The number of ether oxygens (including phenoxy) is 1. The van der Waals surface area contributed by atoms with Gasteiger partial charge in [0.25, 0.3) is 0 Å². The molecule has 0 saturated carbocycles. The number of aromatic amines is 1. The van der Waals surface area contributed by atoms with E-state index >= 15 is 0 Å². The van der Waals surface area contributed by atoms with Crippen LogP contribution in [0.15, 0.2) is 10.9 Å². The molecule has 3 nitrogen and oxygen atoms in total. The first-order chi connectivity index (χ1) is 8.59. The highest BCUT2D eigenvalue weighted by Crippen LogP contribution is 2.31. The monoisotopic (exact) mass is 283 g/mol. The second-order valence-corrected chi connectivity index (χ2v) is 5.24. The number of rotatable bonds is 0. The van der Waals surface area contributed by atoms with Gasteiger partial charge in [-0.05, 0) is 18.6 Å². The van der Waals surface area contributed by atoms with Gasteiger partial charge < -0.3 is 9.72 Å². The zero-order valence-electron chi connectivity index (χ0n) is 9.77. The van der Waals surface area contributed by atoms with E-state index in [1.807, 2.05) is 6.92 Å². The third-order valence-electron chi connectivity index (χ3n) is 3.28. The van der Waals surface area contributed by atoms with Crippen molar-refractivity contribution in [2.24, 2.45) is 0 Å². The fourth-order valence-electron chi connectivity index (χ4n) is 2.32. The summed E-state index contributed by atoms with van der Waals surface area (Å²) >= 11 is 12.4. The zero-order chi connectivity index (χ0) is 12.9. The number of hydrogen-bond acceptors (Lipinski definition) is 2. The molecule has 2 aromatic rings. The third-order valence-corrected chi connectivity index (χ3v) is 4.07. The Labute approximate surface area is 114 Å². The molecule has 1 aliphatic rings. The molecule has 0 bridgehead atoms. The fourth-order valence-corrected chi connectivity index (χ4v) is 2.86. The predicted molar refractivity (Wildman–Crippen MR) is 72.7 cm³/mol. The minimum atomic E-state index is -0.0750. The lowest BCUT2D eigenvalue weighted by Gasteiger charge is -2.17. The summed E-state index contributed by atoms with van der Waals surface area (Å²) in [4.78, 5) is 15.7. The predicted octanol–water partition coefficient (Wildman–Crippen LogP) is 3.22. The maximum absolute atomic E-state index is 12.5. The van der Waals surface area contributed by atoms with Gasteiger partial charge in [-0.25, -0.2) is 0 Å². The minimum absolute atomic E-state index is 0.0750. The number of fused-ring (bicyclic) bond motifs is 2. The van der Waals surface area contributed by atoms with E-state index in [4.69, 9.17) is 27.9 Å². The molecule has 5 heteroatoms. The van der Waals surface area contributed by atoms with Crippen molar-refractivity contribution in [2.75, 3.05) is 6.61 Å². The summed E-state index contributed by atoms with van der Waals surface area (Å²) in [5.41, 5.74) is 2.92. The van der Waals surface area contributed by atoms with Crippen LogP contribution in [0.25, 0.3) is 10.9 Å². The lowest BCUT2D eigenvalue weighted by molar-refractivity contribution is 0.109. The molecule has 0 fully saturated rings. The van der Waals surface area contributed by atoms with Crippen molar-refractivity contribution in [2.45, 2.75) is 20.0 Å². The van der Waals surface area contributed by atoms with E-state index in [-0.39, 0.29) is 5.43 Å². The average molecular weight is 284 g/mol. The van der Waals surface area contributed by atoms with Gasteiger partial charge in [-0.3, -0.25) is 4.79 Å². The van der Waals surface area contributed by atoms with E-state index in [0.29, 0.717) is 46.1 Å². The second-order valence-electron chi connectivity index (χ2n) is 4.45. The van der Waals surface area contributed by atoms with E-state index in [9.17, 15) is 4.79 Å². The van der Waals surface area contributed by atoms with Crippen LogP contribution in [0.3, 0.4) is 0 Å². The molecule has 2 heterocycles. The lowest BCUT2D eigenvalue weighted by atomic mass is 10.0. The van der Waals surface area contributed by atoms with Gasteiger partial charge in [-0.15, -0.1) is 0 Å². The van der Waals surface area contributed by atoms with Gasteiger partial charge in [0.2, 0.25) is 0 Å². The molecule has 0 saturated heterocycles. The first-order valence-corrected chi connectivity index (χ1v) is 6.45. The minimum Gasteiger partial charge on any atom is -0.376 e. The number of H-pyrrole nitrogens is 1. The molecular weight excluding hydrogens is 273 g/mol. The molecule has 0 unspecified atom stereocenters. The summed E-state index contributed by atoms with van der Waals surface area (Å²) in [5, 5.41) is 1.45. The summed E-state index contributed by atoms with van der Waals surface area (Å²) in [6.07, 6.45) is 0.697. The van der Waals surface area contributed by atoms with Crippen LogP contribution >= 0.6 is 23.2 Å². The molecule has 0 aliphatic carbocycles. The van der Waals surface area contributed by atoms with Crippen LogP contribution in [0.1, 0.15) is 16.8 Å². The van der Waals surface area contributed by atoms with Crippen LogP contribution in [0, 0.1) is 6.92 Å². The molecule has 3 rings (SSSR count). The molecule has 0 atom stereocenters. The first kappa shape index (κ1) is 12.0. The third kappa shape index (κ3) is 1.66. The van der Waals surface area contributed by atoms with Gasteiger partial charge in [0.1, 0.15) is 0 Å². The maximum Gasteiger partial charge on any atom is 0.196 e. The largest absolute Gasteiger partial charge is 0.376 e. The zero-order valence-corrected chi connectivity index (χ0v) is 11.3. The van der Waals surface area contributed by atoms with Crippen LogP contribution in [-0.4, -0.2) is 11.6 Å². The Morgan fingerprint density at radius 3 is 2.94 bits per heavy atom. The summed E-state index contributed by atoms with van der Waals surface area (Å²) < 4.78 is 5.33. The number of benzene rings is 1. The SMILES string of the molecule is Cc1cc(Cl)c2[nH]c3c(c(=O)c2c1Cl)COCC3. The maximum atomic E-state index is 12.5. The van der Waals surface area contributed by atoms with E-state index < -0.39 is 0 Å². The van der Waals surface area contributed by atoms with Gasteiger partial charge in [0.05, 0.1) is 34.2 Å². The standard InChI is InChI=1S/C13H11Cl2NO2/c1-6-4-8(14)12-10(11(6)15)13(17)7-5-18-3-2-9(7)16-12/h4H,2-3,5H2,1H3,(H,16,17). The van der Waals surface area contributed by atoms with Gasteiger partial charge in [-0.2, -0.15) is 0 Å². The first-order valence-electron chi connectivity index (χ1n) is 5.69. The van der Waals surface area contributed by atoms with Crippen molar-refractivity contribution < 1.29 is 4.74 Å². The molecule has 1 aromatic carbocycles. The van der Waals surface area contributed by atoms with Gasteiger partial charge in [-0.1, -0.05) is 23.2 Å². The number of pyridine rings is 1.